The molecule has 1 aliphatic rings. The predicted molar refractivity (Wildman–Crippen MR) is 112 cm³/mol. The van der Waals surface area contributed by atoms with Crippen LogP contribution in [-0.4, -0.2) is 58.6 Å². The van der Waals surface area contributed by atoms with Crippen LogP contribution in [0, 0.1) is 0 Å². The van der Waals surface area contributed by atoms with Gasteiger partial charge in [-0.05, 0) is 74.2 Å². The molecule has 0 saturated carbocycles. The number of aliphatic hydroxyl groups excluding tert-OH is 1. The van der Waals surface area contributed by atoms with E-state index in [2.05, 4.69) is 11.8 Å². The molecule has 0 spiro atoms. The second-order valence-electron chi connectivity index (χ2n) is 7.41. The van der Waals surface area contributed by atoms with E-state index in [-0.39, 0.29) is 11.8 Å². The summed E-state index contributed by atoms with van der Waals surface area (Å²) in [5.41, 5.74) is 2.11. The largest absolute Gasteiger partial charge is 0.508 e. The molecule has 0 radical (unpaired) electrons. The second kappa shape index (κ2) is 10.1. The number of aromatic hydroxyl groups is 2. The van der Waals surface area contributed by atoms with Crippen LogP contribution < -0.4 is 0 Å². The van der Waals surface area contributed by atoms with Gasteiger partial charge >= 0.3 is 0 Å². The van der Waals surface area contributed by atoms with Gasteiger partial charge in [0.05, 0.1) is 12.4 Å². The van der Waals surface area contributed by atoms with Gasteiger partial charge in [0.2, 0.25) is 0 Å². The van der Waals surface area contributed by atoms with Gasteiger partial charge in [-0.1, -0.05) is 24.3 Å². The first-order valence-electron chi connectivity index (χ1n) is 9.47. The summed E-state index contributed by atoms with van der Waals surface area (Å²) in [6.45, 7) is 3.95. The van der Waals surface area contributed by atoms with Crippen LogP contribution >= 0.6 is 0 Å². The van der Waals surface area contributed by atoms with Crippen molar-refractivity contribution in [1.29, 1.82) is 0 Å². The molecule has 1 fully saturated rings. The first kappa shape index (κ1) is 23.2. The molecule has 4 N–H and O–H groups in total. The highest BCUT2D eigenvalue weighted by molar-refractivity contribution is 7.85. The Morgan fingerprint density at radius 1 is 0.931 bits per heavy atom. The van der Waals surface area contributed by atoms with E-state index >= 15 is 0 Å². The van der Waals surface area contributed by atoms with Crippen molar-refractivity contribution in [3.8, 4) is 11.5 Å². The predicted octanol–water partition coefficient (Wildman–Crippen LogP) is 2.90. The fourth-order valence-electron chi connectivity index (χ4n) is 3.54. The Labute approximate surface area is 172 Å². The quantitative estimate of drug-likeness (QED) is 0.558. The van der Waals surface area contributed by atoms with Crippen molar-refractivity contribution in [2.45, 2.75) is 37.8 Å². The Balaban J connectivity index is 0.000000537. The van der Waals surface area contributed by atoms with Gasteiger partial charge in [-0.3, -0.25) is 9.45 Å². The number of rotatable bonds is 4. The Morgan fingerprint density at radius 3 is 1.79 bits per heavy atom. The Kier molecular flexibility index (Phi) is 8.04. The molecule has 0 bridgehead atoms. The smallest absolute Gasteiger partial charge is 0.261 e. The summed E-state index contributed by atoms with van der Waals surface area (Å²) in [5, 5.41) is 29.4. The van der Waals surface area contributed by atoms with Crippen LogP contribution in [0.5, 0.6) is 11.5 Å². The molecule has 7 nitrogen and oxygen atoms in total. The molecule has 8 heteroatoms. The van der Waals surface area contributed by atoms with Crippen molar-refractivity contribution < 1.29 is 28.3 Å². The molecule has 2 atom stereocenters. The summed E-state index contributed by atoms with van der Waals surface area (Å²) >= 11 is 0. The molecular formula is C21H29NO6S. The lowest BCUT2D eigenvalue weighted by atomic mass is 9.88. The zero-order valence-corrected chi connectivity index (χ0v) is 17.5. The van der Waals surface area contributed by atoms with Crippen LogP contribution in [0.15, 0.2) is 48.5 Å². The van der Waals surface area contributed by atoms with Crippen molar-refractivity contribution in [2.24, 2.45) is 0 Å². The third kappa shape index (κ3) is 7.66. The first-order chi connectivity index (χ1) is 13.5. The summed E-state index contributed by atoms with van der Waals surface area (Å²) in [7, 11) is -3.67. The molecule has 2 unspecified atom stereocenters. The molecule has 160 valence electrons. The molecule has 3 rings (SSSR count). The van der Waals surface area contributed by atoms with Crippen LogP contribution in [0.3, 0.4) is 0 Å². The minimum atomic E-state index is -3.67. The highest BCUT2D eigenvalue weighted by atomic mass is 32.2. The van der Waals surface area contributed by atoms with Crippen LogP contribution in [0.2, 0.25) is 0 Å². The maximum atomic E-state index is 10.6. The number of likely N-dealkylation sites (tertiary alicyclic amines) is 1. The van der Waals surface area contributed by atoms with E-state index in [0.29, 0.717) is 17.9 Å². The minimum Gasteiger partial charge on any atom is -0.508 e. The second-order valence-corrected chi connectivity index (χ2v) is 8.88. The third-order valence-corrected chi connectivity index (χ3v) is 5.16. The SMILES string of the molecule is CC(C(O)c1ccc(O)cc1)N1CCC(c2ccc(O)cc2)CC1.CS(=O)(=O)O. The molecule has 0 amide bonds. The normalized spacial score (nSPS) is 17.8. The average molecular weight is 424 g/mol. The Bertz CT molecular complexity index is 851. The van der Waals surface area contributed by atoms with Crippen molar-refractivity contribution >= 4 is 10.1 Å². The van der Waals surface area contributed by atoms with E-state index in [1.165, 1.54) is 5.56 Å². The van der Waals surface area contributed by atoms with Gasteiger partial charge in [-0.25, -0.2) is 0 Å². The number of phenolic OH excluding ortho intramolecular Hbond substituents is 2. The third-order valence-electron chi connectivity index (χ3n) is 5.16. The lowest BCUT2D eigenvalue weighted by Crippen LogP contribution is -2.42. The monoisotopic (exact) mass is 423 g/mol. The molecule has 0 aromatic heterocycles. The lowest BCUT2D eigenvalue weighted by Gasteiger charge is -2.38. The minimum absolute atomic E-state index is 0.0373. The standard InChI is InChI=1S/C20H25NO3.CH4O3S/c1-14(20(24)17-4-8-19(23)9-5-17)21-12-10-16(11-13-21)15-2-6-18(22)7-3-15;1-5(2,3)4/h2-9,14,16,20,22-24H,10-13H2,1H3;1H3,(H,2,3,4). The van der Waals surface area contributed by atoms with Crippen LogP contribution in [0.1, 0.15) is 42.9 Å². The number of piperidine rings is 1. The van der Waals surface area contributed by atoms with Gasteiger partial charge in [-0.15, -0.1) is 0 Å². The maximum absolute atomic E-state index is 10.6. The summed E-state index contributed by atoms with van der Waals surface area (Å²) in [5.74, 6) is 1.04. The lowest BCUT2D eigenvalue weighted by molar-refractivity contribution is 0.0436. The van der Waals surface area contributed by atoms with Gasteiger partial charge in [0, 0.05) is 6.04 Å². The van der Waals surface area contributed by atoms with Crippen LogP contribution in [-0.2, 0) is 10.1 Å². The van der Waals surface area contributed by atoms with Gasteiger partial charge < -0.3 is 15.3 Å². The molecule has 2 aromatic carbocycles. The van der Waals surface area contributed by atoms with E-state index in [1.807, 2.05) is 12.1 Å². The number of hydrogen-bond acceptors (Lipinski definition) is 6. The number of nitrogens with zero attached hydrogens (tertiary/aromatic N) is 1. The molecule has 1 aliphatic heterocycles. The van der Waals surface area contributed by atoms with E-state index in [9.17, 15) is 23.7 Å². The maximum Gasteiger partial charge on any atom is 0.261 e. The van der Waals surface area contributed by atoms with Gasteiger partial charge in [0.15, 0.2) is 0 Å². The fraction of sp³-hybridized carbons (Fsp3) is 0.429. The van der Waals surface area contributed by atoms with Gasteiger partial charge in [0.1, 0.15) is 11.5 Å². The number of aliphatic hydroxyl groups is 1. The average Bonchev–Trinajstić information content (AvgIpc) is 2.67. The molecule has 1 saturated heterocycles. The summed E-state index contributed by atoms with van der Waals surface area (Å²) in [6, 6.07) is 14.3. The molecule has 29 heavy (non-hydrogen) atoms. The Hall–Kier alpha value is -2.13. The van der Waals surface area contributed by atoms with E-state index in [4.69, 9.17) is 4.55 Å². The van der Waals surface area contributed by atoms with Crippen LogP contribution in [0.4, 0.5) is 0 Å². The van der Waals surface area contributed by atoms with E-state index in [0.717, 1.165) is 31.5 Å². The van der Waals surface area contributed by atoms with E-state index in [1.54, 1.807) is 36.4 Å². The molecular weight excluding hydrogens is 394 g/mol. The van der Waals surface area contributed by atoms with Crippen LogP contribution in [0.25, 0.3) is 0 Å². The Morgan fingerprint density at radius 2 is 1.34 bits per heavy atom. The van der Waals surface area contributed by atoms with Crippen molar-refractivity contribution in [1.82, 2.24) is 4.90 Å². The van der Waals surface area contributed by atoms with Crippen molar-refractivity contribution in [2.75, 3.05) is 19.3 Å². The number of benzene rings is 2. The van der Waals surface area contributed by atoms with E-state index < -0.39 is 16.2 Å². The summed E-state index contributed by atoms with van der Waals surface area (Å²) < 4.78 is 25.9. The fourth-order valence-corrected chi connectivity index (χ4v) is 3.54. The first-order valence-corrected chi connectivity index (χ1v) is 11.3. The summed E-state index contributed by atoms with van der Waals surface area (Å²) in [6.07, 6.45) is 2.26. The zero-order chi connectivity index (χ0) is 21.6. The zero-order valence-electron chi connectivity index (χ0n) is 16.6. The molecule has 1 heterocycles. The molecule has 2 aromatic rings. The van der Waals surface area contributed by atoms with Crippen molar-refractivity contribution in [3.05, 3.63) is 59.7 Å². The van der Waals surface area contributed by atoms with Gasteiger partial charge in [0.25, 0.3) is 10.1 Å². The van der Waals surface area contributed by atoms with Gasteiger partial charge in [-0.2, -0.15) is 8.42 Å². The van der Waals surface area contributed by atoms with Crippen molar-refractivity contribution in [3.63, 3.8) is 0 Å². The number of hydrogen-bond donors (Lipinski definition) is 4. The number of phenols is 2. The topological polar surface area (TPSA) is 118 Å². The highest BCUT2D eigenvalue weighted by Crippen LogP contribution is 2.32. The highest BCUT2D eigenvalue weighted by Gasteiger charge is 2.28. The summed E-state index contributed by atoms with van der Waals surface area (Å²) in [4.78, 5) is 2.33. The molecule has 0 aliphatic carbocycles.